The highest BCUT2D eigenvalue weighted by Crippen LogP contribution is 2.18. The fraction of sp³-hybridized carbons (Fsp3) is 0.0833. The second-order valence-corrected chi connectivity index (χ2v) is 3.94. The van der Waals surface area contributed by atoms with Gasteiger partial charge in [0.25, 0.3) is 5.91 Å². The van der Waals surface area contributed by atoms with E-state index in [9.17, 15) is 4.79 Å². The molecule has 0 radical (unpaired) electrons. The van der Waals surface area contributed by atoms with Crippen molar-refractivity contribution in [2.75, 3.05) is 5.32 Å². The molecule has 1 amide bonds. The summed E-state index contributed by atoms with van der Waals surface area (Å²) >= 11 is 0. The van der Waals surface area contributed by atoms with E-state index in [4.69, 9.17) is 0 Å². The number of benzene rings is 1. The third-order valence-corrected chi connectivity index (χ3v) is 2.83. The third kappa shape index (κ3) is 1.64. The minimum Gasteiger partial charge on any atom is -0.340 e. The molecule has 0 fully saturated rings. The van der Waals surface area contributed by atoms with Gasteiger partial charge in [-0.2, -0.15) is 10.1 Å². The Hall–Kier alpha value is -2.63. The molecule has 0 spiro atoms. The number of hydrogen-bond donors (Lipinski definition) is 2. The van der Waals surface area contributed by atoms with Crippen LogP contribution in [-0.4, -0.2) is 25.7 Å². The zero-order valence-corrected chi connectivity index (χ0v) is 9.71. The Morgan fingerprint density at radius 3 is 2.94 bits per heavy atom. The predicted octanol–water partition coefficient (Wildman–Crippen LogP) is 1.55. The van der Waals surface area contributed by atoms with Gasteiger partial charge in [-0.3, -0.25) is 10.1 Å². The van der Waals surface area contributed by atoms with Gasteiger partial charge in [0, 0.05) is 18.0 Å². The standard InChI is InChI=1S/C12H11N5O/c1-17-9-5-3-2-4-8(9)6-10(17)11(18)15-12-13-7-14-16-12/h2-7H,1H3,(H2,13,14,15,16,18). The highest BCUT2D eigenvalue weighted by molar-refractivity contribution is 6.05. The maximum absolute atomic E-state index is 12.1. The minimum atomic E-state index is -0.217. The molecule has 0 aliphatic heterocycles. The fourth-order valence-corrected chi connectivity index (χ4v) is 1.94. The number of fused-ring (bicyclic) bond motifs is 1. The quantitative estimate of drug-likeness (QED) is 0.714. The third-order valence-electron chi connectivity index (χ3n) is 2.83. The summed E-state index contributed by atoms with van der Waals surface area (Å²) in [6, 6.07) is 9.68. The summed E-state index contributed by atoms with van der Waals surface area (Å²) in [5.74, 6) is 0.121. The van der Waals surface area contributed by atoms with E-state index in [-0.39, 0.29) is 5.91 Å². The summed E-state index contributed by atoms with van der Waals surface area (Å²) in [6.07, 6.45) is 1.34. The van der Waals surface area contributed by atoms with Gasteiger partial charge in [-0.05, 0) is 12.1 Å². The maximum Gasteiger partial charge on any atom is 0.274 e. The molecule has 0 saturated heterocycles. The Labute approximate surface area is 103 Å². The van der Waals surface area contributed by atoms with Crippen molar-refractivity contribution < 1.29 is 4.79 Å². The van der Waals surface area contributed by atoms with Crippen LogP contribution in [0.5, 0.6) is 0 Å². The molecule has 2 aromatic heterocycles. The van der Waals surface area contributed by atoms with Gasteiger partial charge < -0.3 is 4.57 Å². The van der Waals surface area contributed by atoms with Crippen molar-refractivity contribution in [3.8, 4) is 0 Å². The predicted molar refractivity (Wildman–Crippen MR) is 67.3 cm³/mol. The first kappa shape index (κ1) is 10.5. The highest BCUT2D eigenvalue weighted by Gasteiger charge is 2.13. The number of carbonyl (C=O) groups is 1. The van der Waals surface area contributed by atoms with Crippen molar-refractivity contribution in [1.82, 2.24) is 19.7 Å². The Kier molecular flexibility index (Phi) is 2.33. The van der Waals surface area contributed by atoms with E-state index < -0.39 is 0 Å². The topological polar surface area (TPSA) is 75.6 Å². The lowest BCUT2D eigenvalue weighted by atomic mass is 10.2. The van der Waals surface area contributed by atoms with Gasteiger partial charge in [-0.25, -0.2) is 5.10 Å². The van der Waals surface area contributed by atoms with E-state index in [2.05, 4.69) is 20.5 Å². The number of nitrogens with one attached hydrogen (secondary N) is 2. The van der Waals surface area contributed by atoms with Crippen molar-refractivity contribution in [2.24, 2.45) is 7.05 Å². The van der Waals surface area contributed by atoms with Crippen LogP contribution >= 0.6 is 0 Å². The molecule has 0 saturated carbocycles. The van der Waals surface area contributed by atoms with E-state index in [0.717, 1.165) is 10.9 Å². The largest absolute Gasteiger partial charge is 0.340 e. The molecule has 0 aliphatic carbocycles. The molecule has 0 bridgehead atoms. The summed E-state index contributed by atoms with van der Waals surface area (Å²) in [4.78, 5) is 15.9. The SMILES string of the molecule is Cn1c(C(=O)Nc2ncn[nH]2)cc2ccccc21. The van der Waals surface area contributed by atoms with Crippen molar-refractivity contribution in [3.63, 3.8) is 0 Å². The van der Waals surface area contributed by atoms with E-state index in [0.29, 0.717) is 11.6 Å². The normalized spacial score (nSPS) is 10.7. The number of aromatic nitrogens is 4. The molecule has 6 heteroatoms. The second kappa shape index (κ2) is 3.99. The lowest BCUT2D eigenvalue weighted by Gasteiger charge is -2.03. The Balaban J connectivity index is 1.99. The van der Waals surface area contributed by atoms with Crippen LogP contribution in [0.2, 0.25) is 0 Å². The summed E-state index contributed by atoms with van der Waals surface area (Å²) < 4.78 is 1.85. The van der Waals surface area contributed by atoms with Crippen LogP contribution in [0.4, 0.5) is 5.95 Å². The van der Waals surface area contributed by atoms with E-state index >= 15 is 0 Å². The number of anilines is 1. The first-order valence-corrected chi connectivity index (χ1v) is 5.47. The van der Waals surface area contributed by atoms with Gasteiger partial charge in [0.05, 0.1) is 0 Å². The second-order valence-electron chi connectivity index (χ2n) is 3.94. The lowest BCUT2D eigenvalue weighted by molar-refractivity contribution is 0.101. The molecule has 0 aliphatic rings. The summed E-state index contributed by atoms with van der Waals surface area (Å²) in [5.41, 5.74) is 1.59. The zero-order valence-electron chi connectivity index (χ0n) is 9.71. The average molecular weight is 241 g/mol. The molecule has 3 rings (SSSR count). The molecule has 18 heavy (non-hydrogen) atoms. The molecule has 90 valence electrons. The molecule has 6 nitrogen and oxygen atoms in total. The molecule has 0 unspecified atom stereocenters. The molecule has 1 aromatic carbocycles. The van der Waals surface area contributed by atoms with Crippen molar-refractivity contribution in [2.45, 2.75) is 0 Å². The van der Waals surface area contributed by atoms with Gasteiger partial charge >= 0.3 is 0 Å². The van der Waals surface area contributed by atoms with E-state index in [1.54, 1.807) is 0 Å². The monoisotopic (exact) mass is 241 g/mol. The smallest absolute Gasteiger partial charge is 0.274 e. The van der Waals surface area contributed by atoms with Crippen molar-refractivity contribution in [1.29, 1.82) is 0 Å². The lowest BCUT2D eigenvalue weighted by Crippen LogP contribution is -2.16. The summed E-state index contributed by atoms with van der Waals surface area (Å²) in [5, 5.41) is 9.95. The molecular weight excluding hydrogens is 230 g/mol. The van der Waals surface area contributed by atoms with Gasteiger partial charge in [0.15, 0.2) is 0 Å². The number of hydrogen-bond acceptors (Lipinski definition) is 3. The van der Waals surface area contributed by atoms with Crippen LogP contribution in [0.3, 0.4) is 0 Å². The Morgan fingerprint density at radius 1 is 1.39 bits per heavy atom. The summed E-state index contributed by atoms with van der Waals surface area (Å²) in [7, 11) is 1.86. The zero-order chi connectivity index (χ0) is 12.5. The van der Waals surface area contributed by atoms with Gasteiger partial charge in [-0.15, -0.1) is 0 Å². The number of amides is 1. The number of H-pyrrole nitrogens is 1. The first-order valence-electron chi connectivity index (χ1n) is 5.47. The molecule has 0 atom stereocenters. The average Bonchev–Trinajstić information content (AvgIpc) is 2.98. The van der Waals surface area contributed by atoms with Crippen LogP contribution in [0.25, 0.3) is 10.9 Å². The molecule has 3 aromatic rings. The van der Waals surface area contributed by atoms with Gasteiger partial charge in [-0.1, -0.05) is 18.2 Å². The van der Waals surface area contributed by atoms with Crippen molar-refractivity contribution in [3.05, 3.63) is 42.4 Å². The number of carbonyl (C=O) groups excluding carboxylic acids is 1. The van der Waals surface area contributed by atoms with Crippen molar-refractivity contribution >= 4 is 22.8 Å². The number of rotatable bonds is 2. The number of aromatic amines is 1. The van der Waals surface area contributed by atoms with Gasteiger partial charge in [0.1, 0.15) is 12.0 Å². The van der Waals surface area contributed by atoms with Crippen LogP contribution in [-0.2, 0) is 7.05 Å². The Morgan fingerprint density at radius 2 is 2.22 bits per heavy atom. The highest BCUT2D eigenvalue weighted by atomic mass is 16.2. The molecular formula is C12H11N5O. The maximum atomic E-state index is 12.1. The van der Waals surface area contributed by atoms with Crippen LogP contribution in [0.15, 0.2) is 36.7 Å². The fourth-order valence-electron chi connectivity index (χ4n) is 1.94. The van der Waals surface area contributed by atoms with Crippen LogP contribution < -0.4 is 5.32 Å². The van der Waals surface area contributed by atoms with E-state index in [1.807, 2.05) is 41.9 Å². The number of aryl methyl sites for hydroxylation is 1. The molecule has 2 heterocycles. The van der Waals surface area contributed by atoms with Gasteiger partial charge in [0.2, 0.25) is 5.95 Å². The summed E-state index contributed by atoms with van der Waals surface area (Å²) in [6.45, 7) is 0. The van der Waals surface area contributed by atoms with E-state index in [1.165, 1.54) is 6.33 Å². The molecule has 2 N–H and O–H groups in total. The number of nitrogens with zero attached hydrogens (tertiary/aromatic N) is 3. The van der Waals surface area contributed by atoms with Crippen LogP contribution in [0.1, 0.15) is 10.5 Å². The minimum absolute atomic E-state index is 0.217. The first-order chi connectivity index (χ1) is 8.75. The number of para-hydroxylation sites is 1. The van der Waals surface area contributed by atoms with Crippen LogP contribution in [0, 0.1) is 0 Å². The Bertz CT molecular complexity index is 698.